The number of amides is 1. The van der Waals surface area contributed by atoms with E-state index in [0.29, 0.717) is 17.2 Å². The SMILES string of the molecule is Cc1ccc(NS(=O)(=O)c2ccc(C(=O)N[C@H]3CCCC[C@H]3C)cc2)cc1. The zero-order valence-electron chi connectivity index (χ0n) is 15.7. The van der Waals surface area contributed by atoms with Gasteiger partial charge >= 0.3 is 0 Å². The van der Waals surface area contributed by atoms with Crippen LogP contribution in [0.5, 0.6) is 0 Å². The molecule has 0 aliphatic heterocycles. The van der Waals surface area contributed by atoms with Crippen LogP contribution in [0.25, 0.3) is 0 Å². The van der Waals surface area contributed by atoms with Crippen molar-refractivity contribution in [3.8, 4) is 0 Å². The Labute approximate surface area is 161 Å². The summed E-state index contributed by atoms with van der Waals surface area (Å²) >= 11 is 0. The van der Waals surface area contributed by atoms with Gasteiger partial charge in [-0.05, 0) is 62.1 Å². The minimum Gasteiger partial charge on any atom is -0.349 e. The Morgan fingerprint density at radius 3 is 2.22 bits per heavy atom. The second kappa shape index (κ2) is 8.13. The molecule has 2 atom stereocenters. The third-order valence-corrected chi connectivity index (χ3v) is 6.56. The smallest absolute Gasteiger partial charge is 0.261 e. The van der Waals surface area contributed by atoms with Crippen LogP contribution in [0.2, 0.25) is 0 Å². The molecule has 1 amide bonds. The fraction of sp³-hybridized carbons (Fsp3) is 0.381. The number of aryl methyl sites for hydroxylation is 1. The van der Waals surface area contributed by atoms with Gasteiger partial charge in [0, 0.05) is 17.3 Å². The molecule has 2 aromatic rings. The molecule has 0 aromatic heterocycles. The first-order valence-corrected chi connectivity index (χ1v) is 10.8. The molecule has 2 aromatic carbocycles. The minimum absolute atomic E-state index is 0.130. The van der Waals surface area contributed by atoms with E-state index in [2.05, 4.69) is 17.0 Å². The van der Waals surface area contributed by atoms with Crippen LogP contribution in [0.3, 0.4) is 0 Å². The normalized spacial score (nSPS) is 20.1. The molecule has 0 unspecified atom stereocenters. The van der Waals surface area contributed by atoms with E-state index in [1.807, 2.05) is 19.1 Å². The summed E-state index contributed by atoms with van der Waals surface area (Å²) in [5, 5.41) is 3.08. The molecule has 0 radical (unpaired) electrons. The van der Waals surface area contributed by atoms with E-state index in [-0.39, 0.29) is 16.8 Å². The predicted molar refractivity (Wildman–Crippen MR) is 107 cm³/mol. The molecular weight excluding hydrogens is 360 g/mol. The Morgan fingerprint density at radius 1 is 0.963 bits per heavy atom. The van der Waals surface area contributed by atoms with Crippen LogP contribution in [0.1, 0.15) is 48.5 Å². The van der Waals surface area contributed by atoms with Gasteiger partial charge in [0.15, 0.2) is 0 Å². The first-order chi connectivity index (χ1) is 12.8. The molecule has 3 rings (SSSR count). The van der Waals surface area contributed by atoms with Crippen molar-refractivity contribution in [2.45, 2.75) is 50.5 Å². The van der Waals surface area contributed by atoms with E-state index < -0.39 is 10.0 Å². The first-order valence-electron chi connectivity index (χ1n) is 9.35. The molecule has 0 heterocycles. The fourth-order valence-electron chi connectivity index (χ4n) is 3.40. The zero-order valence-corrected chi connectivity index (χ0v) is 16.6. The number of benzene rings is 2. The van der Waals surface area contributed by atoms with Crippen molar-refractivity contribution in [1.82, 2.24) is 5.32 Å². The van der Waals surface area contributed by atoms with Crippen molar-refractivity contribution in [2.24, 2.45) is 5.92 Å². The van der Waals surface area contributed by atoms with E-state index >= 15 is 0 Å². The van der Waals surface area contributed by atoms with Gasteiger partial charge in [0.1, 0.15) is 0 Å². The molecule has 0 spiro atoms. The number of carbonyl (C=O) groups excluding carboxylic acids is 1. The van der Waals surface area contributed by atoms with Crippen LogP contribution in [0.4, 0.5) is 5.69 Å². The molecule has 144 valence electrons. The van der Waals surface area contributed by atoms with Crippen LogP contribution in [-0.2, 0) is 10.0 Å². The molecule has 1 saturated carbocycles. The number of rotatable bonds is 5. The third kappa shape index (κ3) is 4.89. The van der Waals surface area contributed by atoms with E-state index in [0.717, 1.165) is 24.8 Å². The number of anilines is 1. The van der Waals surface area contributed by atoms with E-state index in [1.54, 1.807) is 24.3 Å². The summed E-state index contributed by atoms with van der Waals surface area (Å²) in [6.07, 6.45) is 4.48. The van der Waals surface area contributed by atoms with Crippen molar-refractivity contribution < 1.29 is 13.2 Å². The molecule has 5 nitrogen and oxygen atoms in total. The average molecular weight is 387 g/mol. The average Bonchev–Trinajstić information content (AvgIpc) is 2.65. The van der Waals surface area contributed by atoms with Crippen molar-refractivity contribution in [3.05, 3.63) is 59.7 Å². The predicted octanol–water partition coefficient (Wildman–Crippen LogP) is 4.10. The maximum Gasteiger partial charge on any atom is 0.261 e. The lowest BCUT2D eigenvalue weighted by molar-refractivity contribution is 0.0910. The van der Waals surface area contributed by atoms with Gasteiger partial charge < -0.3 is 5.32 Å². The number of hydrogen-bond acceptors (Lipinski definition) is 3. The van der Waals surface area contributed by atoms with E-state index in [1.165, 1.54) is 18.6 Å². The monoisotopic (exact) mass is 386 g/mol. The fourth-order valence-corrected chi connectivity index (χ4v) is 4.46. The summed E-state index contributed by atoms with van der Waals surface area (Å²) in [5.41, 5.74) is 2.04. The Hall–Kier alpha value is -2.34. The topological polar surface area (TPSA) is 75.3 Å². The quantitative estimate of drug-likeness (QED) is 0.812. The van der Waals surface area contributed by atoms with E-state index in [9.17, 15) is 13.2 Å². The van der Waals surface area contributed by atoms with Gasteiger partial charge in [-0.3, -0.25) is 9.52 Å². The van der Waals surface area contributed by atoms with Crippen molar-refractivity contribution >= 4 is 21.6 Å². The highest BCUT2D eigenvalue weighted by molar-refractivity contribution is 7.92. The lowest BCUT2D eigenvalue weighted by Gasteiger charge is -2.29. The molecule has 6 heteroatoms. The molecular formula is C21H26N2O3S. The summed E-state index contributed by atoms with van der Waals surface area (Å²) < 4.78 is 27.6. The van der Waals surface area contributed by atoms with Crippen molar-refractivity contribution in [1.29, 1.82) is 0 Å². The highest BCUT2D eigenvalue weighted by Gasteiger charge is 2.23. The lowest BCUT2D eigenvalue weighted by Crippen LogP contribution is -2.41. The number of nitrogens with one attached hydrogen (secondary N) is 2. The van der Waals surface area contributed by atoms with Gasteiger partial charge in [0.05, 0.1) is 4.90 Å². The first kappa shape index (κ1) is 19.4. The molecule has 1 fully saturated rings. The third-order valence-electron chi connectivity index (χ3n) is 5.16. The van der Waals surface area contributed by atoms with Crippen molar-refractivity contribution in [3.63, 3.8) is 0 Å². The van der Waals surface area contributed by atoms with Gasteiger partial charge in [-0.1, -0.05) is 37.5 Å². The van der Waals surface area contributed by atoms with Gasteiger partial charge in [-0.2, -0.15) is 0 Å². The van der Waals surface area contributed by atoms with Crippen LogP contribution >= 0.6 is 0 Å². The zero-order chi connectivity index (χ0) is 19.4. The summed E-state index contributed by atoms with van der Waals surface area (Å²) in [6, 6.07) is 13.4. The second-order valence-electron chi connectivity index (χ2n) is 7.34. The molecule has 2 N–H and O–H groups in total. The Morgan fingerprint density at radius 2 is 1.59 bits per heavy atom. The highest BCUT2D eigenvalue weighted by atomic mass is 32.2. The van der Waals surface area contributed by atoms with Gasteiger partial charge in [0.2, 0.25) is 0 Å². The summed E-state index contributed by atoms with van der Waals surface area (Å²) in [6.45, 7) is 4.10. The van der Waals surface area contributed by atoms with Crippen LogP contribution in [0.15, 0.2) is 53.4 Å². The number of hydrogen-bond donors (Lipinski definition) is 2. The standard InChI is InChI=1S/C21H26N2O3S/c1-15-7-11-18(12-8-15)23-27(25,26)19-13-9-17(10-14-19)21(24)22-20-6-4-3-5-16(20)2/h7-14,16,20,23H,3-6H2,1-2H3,(H,22,24)/t16-,20+/m1/s1. The molecule has 1 aliphatic carbocycles. The van der Waals surface area contributed by atoms with Crippen molar-refractivity contribution in [2.75, 3.05) is 4.72 Å². The summed E-state index contributed by atoms with van der Waals surface area (Å²) in [4.78, 5) is 12.6. The Bertz CT molecular complexity index is 890. The number of sulfonamides is 1. The van der Waals surface area contributed by atoms with Crippen LogP contribution in [0, 0.1) is 12.8 Å². The van der Waals surface area contributed by atoms with Gasteiger partial charge in [-0.25, -0.2) is 8.42 Å². The molecule has 0 bridgehead atoms. The number of carbonyl (C=O) groups is 1. The summed E-state index contributed by atoms with van der Waals surface area (Å²) in [5.74, 6) is 0.324. The second-order valence-corrected chi connectivity index (χ2v) is 9.02. The Balaban J connectivity index is 1.68. The van der Waals surface area contributed by atoms with Crippen LogP contribution in [-0.4, -0.2) is 20.4 Å². The van der Waals surface area contributed by atoms with Gasteiger partial charge in [0.25, 0.3) is 15.9 Å². The maximum atomic E-state index is 12.5. The molecule has 27 heavy (non-hydrogen) atoms. The highest BCUT2D eigenvalue weighted by Crippen LogP contribution is 2.24. The van der Waals surface area contributed by atoms with Gasteiger partial charge in [-0.15, -0.1) is 0 Å². The van der Waals surface area contributed by atoms with E-state index in [4.69, 9.17) is 0 Å². The minimum atomic E-state index is -3.69. The Kier molecular flexibility index (Phi) is 5.85. The largest absolute Gasteiger partial charge is 0.349 e. The lowest BCUT2D eigenvalue weighted by atomic mass is 9.86. The molecule has 0 saturated heterocycles. The summed E-state index contributed by atoms with van der Waals surface area (Å²) in [7, 11) is -3.69. The maximum absolute atomic E-state index is 12.5. The van der Waals surface area contributed by atoms with Crippen LogP contribution < -0.4 is 10.0 Å². The molecule has 1 aliphatic rings.